The van der Waals surface area contributed by atoms with Crippen molar-refractivity contribution in [1.82, 2.24) is 4.90 Å². The van der Waals surface area contributed by atoms with E-state index in [-0.39, 0.29) is 41.9 Å². The third-order valence-corrected chi connectivity index (χ3v) is 8.70. The molecule has 1 saturated heterocycles. The van der Waals surface area contributed by atoms with Crippen LogP contribution in [-0.4, -0.2) is 41.2 Å². The quantitative estimate of drug-likeness (QED) is 0.235. The first-order chi connectivity index (χ1) is 18.5. The molecule has 196 valence electrons. The number of unbranched alkanes of at least 4 members (excludes halogenated alkanes) is 1. The molecule has 7 heteroatoms. The number of allylic oxidation sites excluding steroid dienone is 2. The first-order valence-electron chi connectivity index (χ1n) is 13.6. The molecular formula is C31H32N2O5. The number of likely N-dealkylation sites (tertiary alicyclic amines) is 1. The minimum Gasteiger partial charge on any atom is -0.462 e. The van der Waals surface area contributed by atoms with Crippen LogP contribution < -0.4 is 5.32 Å². The average Bonchev–Trinajstić information content (AvgIpc) is 3.72. The predicted molar refractivity (Wildman–Crippen MR) is 141 cm³/mol. The molecule has 0 unspecified atom stereocenters. The Kier molecular flexibility index (Phi) is 6.38. The van der Waals surface area contributed by atoms with Crippen LogP contribution in [0.5, 0.6) is 0 Å². The molecule has 0 spiro atoms. The van der Waals surface area contributed by atoms with E-state index in [0.29, 0.717) is 29.7 Å². The van der Waals surface area contributed by atoms with Crippen molar-refractivity contribution in [3.8, 4) is 0 Å². The number of carbonyl (C=O) groups is 4. The molecule has 1 heterocycles. The molecule has 2 aromatic rings. The highest BCUT2D eigenvalue weighted by Crippen LogP contribution is 2.65. The van der Waals surface area contributed by atoms with Gasteiger partial charge in [-0.1, -0.05) is 55.8 Å². The second kappa shape index (κ2) is 9.86. The van der Waals surface area contributed by atoms with Crippen molar-refractivity contribution in [3.05, 3.63) is 77.9 Å². The number of hydrogen-bond donors (Lipinski definition) is 1. The number of hydrogen-bond acceptors (Lipinski definition) is 5. The Labute approximate surface area is 222 Å². The monoisotopic (exact) mass is 512 g/mol. The zero-order valence-corrected chi connectivity index (χ0v) is 21.4. The van der Waals surface area contributed by atoms with Crippen LogP contribution in [0.4, 0.5) is 5.69 Å². The number of esters is 1. The molecule has 7 nitrogen and oxygen atoms in total. The number of amides is 3. The summed E-state index contributed by atoms with van der Waals surface area (Å²) in [6.45, 7) is 2.39. The molecule has 4 aliphatic carbocycles. The Balaban J connectivity index is 1.22. The van der Waals surface area contributed by atoms with Gasteiger partial charge in [0.1, 0.15) is 6.04 Å². The van der Waals surface area contributed by atoms with Gasteiger partial charge in [-0.05, 0) is 66.3 Å². The highest BCUT2D eigenvalue weighted by Gasteiger charge is 2.67. The second-order valence-corrected chi connectivity index (χ2v) is 11.0. The van der Waals surface area contributed by atoms with Crippen LogP contribution in [0.25, 0.3) is 0 Å². The predicted octanol–water partition coefficient (Wildman–Crippen LogP) is 4.25. The Morgan fingerprint density at radius 3 is 2.18 bits per heavy atom. The molecule has 7 rings (SSSR count). The Hall–Kier alpha value is -3.74. The summed E-state index contributed by atoms with van der Waals surface area (Å²) in [4.78, 5) is 54.7. The highest BCUT2D eigenvalue weighted by molar-refractivity contribution is 6.10. The zero-order valence-electron chi connectivity index (χ0n) is 21.4. The molecular weight excluding hydrogens is 480 g/mol. The minimum absolute atomic E-state index is 0.0986. The molecule has 2 saturated carbocycles. The maximum absolute atomic E-state index is 13.8. The lowest BCUT2D eigenvalue weighted by Gasteiger charge is -2.37. The number of imide groups is 1. The molecule has 1 aliphatic heterocycles. The van der Waals surface area contributed by atoms with E-state index in [4.69, 9.17) is 4.74 Å². The molecule has 0 radical (unpaired) electrons. The lowest BCUT2D eigenvalue weighted by molar-refractivity contribution is -0.146. The van der Waals surface area contributed by atoms with E-state index in [1.54, 1.807) is 24.3 Å². The SMILES string of the molecule is CCCCOC(=O)c1ccc(NC(=O)[C@H](Cc2ccccc2)N2C(=O)[C@@H]3[C@H]4C=C[C@@H]([C@@H]5C[C@@H]45)[C@@H]3C2=O)cc1. The van der Waals surface area contributed by atoms with Gasteiger partial charge in [-0.3, -0.25) is 19.3 Å². The van der Waals surface area contributed by atoms with Crippen LogP contribution in [0.1, 0.15) is 42.1 Å². The number of ether oxygens (including phenoxy) is 1. The minimum atomic E-state index is -0.961. The van der Waals surface area contributed by atoms with Gasteiger partial charge in [0.2, 0.25) is 17.7 Å². The lowest BCUT2D eigenvalue weighted by Crippen LogP contribution is -2.49. The van der Waals surface area contributed by atoms with E-state index in [1.165, 1.54) is 4.90 Å². The van der Waals surface area contributed by atoms with E-state index >= 15 is 0 Å². The van der Waals surface area contributed by atoms with Crippen LogP contribution in [0.2, 0.25) is 0 Å². The van der Waals surface area contributed by atoms with Crippen LogP contribution in [0.3, 0.4) is 0 Å². The van der Waals surface area contributed by atoms with E-state index in [2.05, 4.69) is 17.5 Å². The molecule has 3 fully saturated rings. The smallest absolute Gasteiger partial charge is 0.338 e. The van der Waals surface area contributed by atoms with Crippen LogP contribution in [0.15, 0.2) is 66.7 Å². The van der Waals surface area contributed by atoms with Gasteiger partial charge in [0.05, 0.1) is 24.0 Å². The fourth-order valence-corrected chi connectivity index (χ4v) is 6.73. The fraction of sp³-hybridized carbons (Fsp3) is 0.419. The summed E-state index contributed by atoms with van der Waals surface area (Å²) in [6.07, 6.45) is 7.33. The van der Waals surface area contributed by atoms with Crippen molar-refractivity contribution in [2.75, 3.05) is 11.9 Å². The number of benzene rings is 2. The molecule has 2 bridgehead atoms. The van der Waals surface area contributed by atoms with E-state index < -0.39 is 17.9 Å². The van der Waals surface area contributed by atoms with Crippen molar-refractivity contribution >= 4 is 29.4 Å². The van der Waals surface area contributed by atoms with E-state index in [0.717, 1.165) is 24.8 Å². The van der Waals surface area contributed by atoms with Crippen molar-refractivity contribution in [3.63, 3.8) is 0 Å². The van der Waals surface area contributed by atoms with Crippen molar-refractivity contribution in [2.24, 2.45) is 35.5 Å². The Morgan fingerprint density at radius 2 is 1.58 bits per heavy atom. The van der Waals surface area contributed by atoms with Gasteiger partial charge < -0.3 is 10.1 Å². The van der Waals surface area contributed by atoms with Gasteiger partial charge in [-0.15, -0.1) is 0 Å². The Morgan fingerprint density at radius 1 is 0.947 bits per heavy atom. The molecule has 5 aliphatic rings. The summed E-state index contributed by atoms with van der Waals surface area (Å²) >= 11 is 0. The summed E-state index contributed by atoms with van der Waals surface area (Å²) in [5.41, 5.74) is 1.75. The van der Waals surface area contributed by atoms with Gasteiger partial charge in [0.15, 0.2) is 0 Å². The molecule has 7 atom stereocenters. The van der Waals surface area contributed by atoms with E-state index in [9.17, 15) is 19.2 Å². The lowest BCUT2D eigenvalue weighted by atomic mass is 9.63. The van der Waals surface area contributed by atoms with Crippen molar-refractivity contribution in [2.45, 2.75) is 38.6 Å². The van der Waals surface area contributed by atoms with Crippen LogP contribution in [0, 0.1) is 35.5 Å². The third kappa shape index (κ3) is 4.24. The number of nitrogens with one attached hydrogen (secondary N) is 1. The second-order valence-electron chi connectivity index (χ2n) is 11.0. The maximum atomic E-state index is 13.8. The summed E-state index contributed by atoms with van der Waals surface area (Å²) in [5, 5.41) is 2.88. The van der Waals surface area contributed by atoms with Gasteiger partial charge in [0, 0.05) is 12.1 Å². The highest BCUT2D eigenvalue weighted by atomic mass is 16.5. The van der Waals surface area contributed by atoms with Crippen molar-refractivity contribution < 1.29 is 23.9 Å². The topological polar surface area (TPSA) is 92.8 Å². The van der Waals surface area contributed by atoms with Gasteiger partial charge >= 0.3 is 5.97 Å². The fourth-order valence-electron chi connectivity index (χ4n) is 6.73. The first kappa shape index (κ1) is 24.6. The molecule has 0 aromatic heterocycles. The van der Waals surface area contributed by atoms with Crippen LogP contribution >= 0.6 is 0 Å². The molecule has 3 amide bonds. The molecule has 38 heavy (non-hydrogen) atoms. The standard InChI is InChI=1S/C31H32N2O5/c1-2-3-15-38-31(37)19-9-11-20(12-10-19)32-28(34)25(16-18-7-5-4-6-8-18)33-29(35)26-21-13-14-22(24-17-23(21)24)27(26)30(33)36/h4-14,21-27H,2-3,15-17H2,1H3,(H,32,34)/t21-,22-,23-,24-,25-,26-,27+/m0/s1. The summed E-state index contributed by atoms with van der Waals surface area (Å²) < 4.78 is 5.25. The number of anilines is 1. The van der Waals surface area contributed by atoms with Gasteiger partial charge in [-0.25, -0.2) is 4.79 Å². The summed E-state index contributed by atoms with van der Waals surface area (Å²) in [5.74, 6) is -0.781. The Bertz CT molecular complexity index is 1250. The largest absolute Gasteiger partial charge is 0.462 e. The van der Waals surface area contributed by atoms with Gasteiger partial charge in [0.25, 0.3) is 0 Å². The third-order valence-electron chi connectivity index (χ3n) is 8.70. The number of carbonyl (C=O) groups excluding carboxylic acids is 4. The maximum Gasteiger partial charge on any atom is 0.338 e. The average molecular weight is 513 g/mol. The zero-order chi connectivity index (χ0) is 26.4. The number of nitrogens with zero attached hydrogens (tertiary/aromatic N) is 1. The molecule has 2 aromatic carbocycles. The van der Waals surface area contributed by atoms with Gasteiger partial charge in [-0.2, -0.15) is 0 Å². The van der Waals surface area contributed by atoms with Crippen molar-refractivity contribution in [1.29, 1.82) is 0 Å². The normalized spacial score (nSPS) is 29.0. The first-order valence-corrected chi connectivity index (χ1v) is 13.6. The van der Waals surface area contributed by atoms with E-state index in [1.807, 2.05) is 37.3 Å². The molecule has 1 N–H and O–H groups in total. The summed E-state index contributed by atoms with van der Waals surface area (Å²) in [6, 6.07) is 15.0. The van der Waals surface area contributed by atoms with Crippen LogP contribution in [-0.2, 0) is 25.5 Å². The summed E-state index contributed by atoms with van der Waals surface area (Å²) in [7, 11) is 0. The number of rotatable bonds is 9.